The zero-order chi connectivity index (χ0) is 18.6. The van der Waals surface area contributed by atoms with Crippen LogP contribution in [0, 0.1) is 24.3 Å². The molecular weight excluding hydrogens is 429 g/mol. The number of halogens is 1. The van der Waals surface area contributed by atoms with Gasteiger partial charge in [-0.05, 0) is 78.6 Å². The van der Waals surface area contributed by atoms with Crippen molar-refractivity contribution in [3.63, 3.8) is 0 Å². The average molecular weight is 453 g/mol. The first-order chi connectivity index (χ1) is 11.9. The number of carbonyl (C=O) groups is 1. The van der Waals surface area contributed by atoms with Crippen LogP contribution in [0.15, 0.2) is 24.3 Å². The molecule has 0 saturated heterocycles. The lowest BCUT2D eigenvalue weighted by atomic mass is 9.97. The van der Waals surface area contributed by atoms with Crippen molar-refractivity contribution in [3.8, 4) is 11.5 Å². The zero-order valence-corrected chi connectivity index (χ0v) is 17.5. The molecule has 0 radical (unpaired) electrons. The quantitative estimate of drug-likeness (QED) is 0.667. The number of hydrogen-bond acceptors (Lipinski definition) is 3. The maximum atomic E-state index is 12.5. The van der Waals surface area contributed by atoms with Crippen LogP contribution in [0.5, 0.6) is 11.5 Å². The van der Waals surface area contributed by atoms with Crippen molar-refractivity contribution < 1.29 is 14.3 Å². The summed E-state index contributed by atoms with van der Waals surface area (Å²) in [5.74, 6) is 1.07. The SMILES string of the molecule is COc1cc(I)c(C(=O)NCCc2c(C)cc(C)cc2C)cc1OC. The van der Waals surface area contributed by atoms with E-state index in [-0.39, 0.29) is 5.91 Å². The molecule has 25 heavy (non-hydrogen) atoms. The minimum atomic E-state index is -0.104. The van der Waals surface area contributed by atoms with Crippen molar-refractivity contribution in [1.82, 2.24) is 5.32 Å². The second kappa shape index (κ2) is 8.56. The highest BCUT2D eigenvalue weighted by Crippen LogP contribution is 2.31. The fourth-order valence-corrected chi connectivity index (χ4v) is 3.71. The number of benzene rings is 2. The number of ether oxygens (including phenoxy) is 2. The van der Waals surface area contributed by atoms with Gasteiger partial charge in [-0.15, -0.1) is 0 Å². The van der Waals surface area contributed by atoms with Gasteiger partial charge in [0.1, 0.15) is 0 Å². The molecule has 0 unspecified atom stereocenters. The topological polar surface area (TPSA) is 47.6 Å². The summed E-state index contributed by atoms with van der Waals surface area (Å²) < 4.78 is 11.4. The highest BCUT2D eigenvalue weighted by atomic mass is 127. The summed E-state index contributed by atoms with van der Waals surface area (Å²) in [6.45, 7) is 6.93. The summed E-state index contributed by atoms with van der Waals surface area (Å²) in [6, 6.07) is 7.89. The lowest BCUT2D eigenvalue weighted by Crippen LogP contribution is -2.27. The number of amides is 1. The standard InChI is InChI=1S/C20H24INO3/c1-12-8-13(2)15(14(3)9-12)6-7-22-20(23)16-10-18(24-4)19(25-5)11-17(16)21/h8-11H,6-7H2,1-5H3,(H,22,23). The number of aryl methyl sites for hydroxylation is 3. The van der Waals surface area contributed by atoms with Crippen molar-refractivity contribution in [2.75, 3.05) is 20.8 Å². The van der Waals surface area contributed by atoms with E-state index in [1.165, 1.54) is 22.3 Å². The van der Waals surface area contributed by atoms with Crippen LogP contribution in [-0.2, 0) is 6.42 Å². The van der Waals surface area contributed by atoms with Gasteiger partial charge < -0.3 is 14.8 Å². The molecule has 2 aromatic carbocycles. The van der Waals surface area contributed by atoms with Crippen LogP contribution in [-0.4, -0.2) is 26.7 Å². The maximum Gasteiger partial charge on any atom is 0.252 e. The van der Waals surface area contributed by atoms with Gasteiger partial charge in [0.2, 0.25) is 0 Å². The van der Waals surface area contributed by atoms with Crippen LogP contribution in [0.25, 0.3) is 0 Å². The number of nitrogens with one attached hydrogen (secondary N) is 1. The Morgan fingerprint density at radius 3 is 2.12 bits per heavy atom. The van der Waals surface area contributed by atoms with Crippen LogP contribution in [0.2, 0.25) is 0 Å². The van der Waals surface area contributed by atoms with Crippen molar-refractivity contribution in [1.29, 1.82) is 0 Å². The summed E-state index contributed by atoms with van der Waals surface area (Å²) in [5, 5.41) is 3.01. The summed E-state index contributed by atoms with van der Waals surface area (Å²) in [5.41, 5.74) is 5.70. The molecule has 0 saturated carbocycles. The molecule has 0 aliphatic heterocycles. The van der Waals surface area contributed by atoms with Gasteiger partial charge in [-0.2, -0.15) is 0 Å². The highest BCUT2D eigenvalue weighted by molar-refractivity contribution is 14.1. The Morgan fingerprint density at radius 2 is 1.56 bits per heavy atom. The van der Waals surface area contributed by atoms with Crippen molar-refractivity contribution >= 4 is 28.5 Å². The number of hydrogen-bond donors (Lipinski definition) is 1. The molecular formula is C20H24INO3. The highest BCUT2D eigenvalue weighted by Gasteiger charge is 2.15. The first-order valence-electron chi connectivity index (χ1n) is 8.13. The minimum absolute atomic E-state index is 0.104. The minimum Gasteiger partial charge on any atom is -0.493 e. The molecule has 1 amide bonds. The van der Waals surface area contributed by atoms with E-state index in [0.29, 0.717) is 23.6 Å². The summed E-state index contributed by atoms with van der Waals surface area (Å²) in [7, 11) is 3.15. The predicted octanol–water partition coefficient (Wildman–Crippen LogP) is 4.21. The molecule has 0 bridgehead atoms. The van der Waals surface area contributed by atoms with Gasteiger partial charge in [0.25, 0.3) is 5.91 Å². The van der Waals surface area contributed by atoms with Crippen LogP contribution >= 0.6 is 22.6 Å². The van der Waals surface area contributed by atoms with E-state index >= 15 is 0 Å². The van der Waals surface area contributed by atoms with Crippen molar-refractivity contribution in [3.05, 3.63) is 55.7 Å². The van der Waals surface area contributed by atoms with E-state index in [0.717, 1.165) is 9.99 Å². The first kappa shape index (κ1) is 19.6. The fraction of sp³-hybridized carbons (Fsp3) is 0.350. The van der Waals surface area contributed by atoms with Gasteiger partial charge in [-0.3, -0.25) is 4.79 Å². The number of methoxy groups -OCH3 is 2. The molecule has 0 fully saturated rings. The lowest BCUT2D eigenvalue weighted by molar-refractivity contribution is 0.0952. The monoisotopic (exact) mass is 453 g/mol. The van der Waals surface area contributed by atoms with E-state index in [1.807, 2.05) is 6.07 Å². The number of carbonyl (C=O) groups excluding carboxylic acids is 1. The van der Waals surface area contributed by atoms with Crippen LogP contribution in [0.3, 0.4) is 0 Å². The van der Waals surface area contributed by atoms with E-state index < -0.39 is 0 Å². The molecule has 0 aromatic heterocycles. The average Bonchev–Trinajstić information content (AvgIpc) is 2.56. The Labute approximate surface area is 163 Å². The molecule has 134 valence electrons. The molecule has 5 heteroatoms. The fourth-order valence-electron chi connectivity index (χ4n) is 3.03. The van der Waals surface area contributed by atoms with Gasteiger partial charge in [0.05, 0.1) is 19.8 Å². The third-order valence-corrected chi connectivity index (χ3v) is 5.11. The van der Waals surface area contributed by atoms with Gasteiger partial charge in [-0.25, -0.2) is 0 Å². The molecule has 2 rings (SSSR count). The van der Waals surface area contributed by atoms with Gasteiger partial charge in [0, 0.05) is 10.1 Å². The second-order valence-corrected chi connectivity index (χ2v) is 7.23. The molecule has 0 aliphatic rings. The van der Waals surface area contributed by atoms with E-state index in [9.17, 15) is 4.79 Å². The summed E-state index contributed by atoms with van der Waals surface area (Å²) >= 11 is 2.14. The Balaban J connectivity index is 2.09. The molecule has 0 heterocycles. The lowest BCUT2D eigenvalue weighted by Gasteiger charge is -2.14. The predicted molar refractivity (Wildman–Crippen MR) is 109 cm³/mol. The molecule has 1 N–H and O–H groups in total. The second-order valence-electron chi connectivity index (χ2n) is 6.07. The summed E-state index contributed by atoms with van der Waals surface area (Å²) in [4.78, 5) is 12.5. The third kappa shape index (κ3) is 4.66. The zero-order valence-electron chi connectivity index (χ0n) is 15.3. The molecule has 4 nitrogen and oxygen atoms in total. The molecule has 2 aromatic rings. The molecule has 0 atom stereocenters. The van der Waals surface area contributed by atoms with Gasteiger partial charge in [0.15, 0.2) is 11.5 Å². The van der Waals surface area contributed by atoms with Crippen molar-refractivity contribution in [2.45, 2.75) is 27.2 Å². The van der Waals surface area contributed by atoms with Crippen LogP contribution < -0.4 is 14.8 Å². The third-order valence-electron chi connectivity index (χ3n) is 4.22. The van der Waals surface area contributed by atoms with Crippen LogP contribution in [0.4, 0.5) is 0 Å². The van der Waals surface area contributed by atoms with E-state index in [4.69, 9.17) is 9.47 Å². The van der Waals surface area contributed by atoms with E-state index in [1.54, 1.807) is 20.3 Å². The van der Waals surface area contributed by atoms with Gasteiger partial charge in [-0.1, -0.05) is 17.7 Å². The maximum absolute atomic E-state index is 12.5. The van der Waals surface area contributed by atoms with Crippen LogP contribution in [0.1, 0.15) is 32.6 Å². The van der Waals surface area contributed by atoms with Gasteiger partial charge >= 0.3 is 0 Å². The Morgan fingerprint density at radius 1 is 1.00 bits per heavy atom. The Bertz CT molecular complexity index is 764. The van der Waals surface area contributed by atoms with E-state index in [2.05, 4.69) is 60.8 Å². The normalized spacial score (nSPS) is 10.5. The Kier molecular flexibility index (Phi) is 6.70. The van der Waals surface area contributed by atoms with Crippen molar-refractivity contribution in [2.24, 2.45) is 0 Å². The summed E-state index contributed by atoms with van der Waals surface area (Å²) in [6.07, 6.45) is 0.813. The Hall–Kier alpha value is -1.76. The molecule has 0 spiro atoms. The first-order valence-corrected chi connectivity index (χ1v) is 9.21. The largest absolute Gasteiger partial charge is 0.493 e. The molecule has 0 aliphatic carbocycles. The number of rotatable bonds is 6. The smallest absolute Gasteiger partial charge is 0.252 e.